The maximum absolute atomic E-state index is 12.6. The summed E-state index contributed by atoms with van der Waals surface area (Å²) in [6.07, 6.45) is 4.34. The van der Waals surface area contributed by atoms with Crippen LogP contribution in [0.1, 0.15) is 23.2 Å². The van der Waals surface area contributed by atoms with Crippen molar-refractivity contribution in [2.45, 2.75) is 18.9 Å². The molecule has 1 aliphatic heterocycles. The molecule has 1 aromatic carbocycles. The predicted octanol–water partition coefficient (Wildman–Crippen LogP) is 1.39. The van der Waals surface area contributed by atoms with Crippen molar-refractivity contribution in [1.82, 2.24) is 14.6 Å². The average molecular weight is 333 g/mol. The summed E-state index contributed by atoms with van der Waals surface area (Å²) in [5, 5.41) is 3.75. The highest BCUT2D eigenvalue weighted by atomic mass is 32.2. The number of rotatable bonds is 3. The van der Waals surface area contributed by atoms with Crippen LogP contribution < -0.4 is 5.32 Å². The Balaban J connectivity index is 1.78. The van der Waals surface area contributed by atoms with E-state index in [2.05, 4.69) is 10.3 Å². The second-order valence-electron chi connectivity index (χ2n) is 5.81. The molecule has 2 aromatic rings. The van der Waals surface area contributed by atoms with Gasteiger partial charge in [-0.3, -0.25) is 9.78 Å². The van der Waals surface area contributed by atoms with Crippen LogP contribution in [0.25, 0.3) is 10.9 Å². The van der Waals surface area contributed by atoms with Gasteiger partial charge in [0.15, 0.2) is 0 Å². The zero-order chi connectivity index (χ0) is 16.4. The molecule has 1 unspecified atom stereocenters. The van der Waals surface area contributed by atoms with Crippen LogP contribution in [-0.4, -0.2) is 49.0 Å². The maximum atomic E-state index is 12.6. The third kappa shape index (κ3) is 3.51. The number of nitrogens with one attached hydrogen (secondary N) is 1. The number of benzene rings is 1. The molecule has 0 spiro atoms. The highest BCUT2D eigenvalue weighted by Gasteiger charge is 2.27. The van der Waals surface area contributed by atoms with Crippen LogP contribution in [0.2, 0.25) is 0 Å². The topological polar surface area (TPSA) is 79.4 Å². The number of amides is 1. The first kappa shape index (κ1) is 15.9. The van der Waals surface area contributed by atoms with E-state index in [1.54, 1.807) is 12.3 Å². The SMILES string of the molecule is CS(=O)(=O)N1CCCC(NC(=O)c2ccnc3ccccc23)C1. The number of hydrogen-bond donors (Lipinski definition) is 1. The Morgan fingerprint density at radius 3 is 2.87 bits per heavy atom. The summed E-state index contributed by atoms with van der Waals surface area (Å²) in [5.41, 5.74) is 1.33. The average Bonchev–Trinajstić information content (AvgIpc) is 2.53. The number of sulfonamides is 1. The molecular formula is C16H19N3O3S. The first-order valence-corrected chi connectivity index (χ1v) is 9.40. The van der Waals surface area contributed by atoms with Crippen LogP contribution in [-0.2, 0) is 10.0 Å². The van der Waals surface area contributed by atoms with E-state index < -0.39 is 10.0 Å². The van der Waals surface area contributed by atoms with Gasteiger partial charge in [-0.25, -0.2) is 12.7 Å². The molecule has 1 fully saturated rings. The summed E-state index contributed by atoms with van der Waals surface area (Å²) < 4.78 is 24.8. The normalized spacial score (nSPS) is 19.6. The van der Waals surface area contributed by atoms with Crippen molar-refractivity contribution in [3.8, 4) is 0 Å². The fraction of sp³-hybridized carbons (Fsp3) is 0.375. The molecule has 1 aromatic heterocycles. The molecule has 0 radical (unpaired) electrons. The van der Waals surface area contributed by atoms with Crippen molar-refractivity contribution < 1.29 is 13.2 Å². The number of carbonyl (C=O) groups is 1. The summed E-state index contributed by atoms with van der Waals surface area (Å²) >= 11 is 0. The lowest BCUT2D eigenvalue weighted by Crippen LogP contribution is -2.49. The van der Waals surface area contributed by atoms with E-state index in [1.807, 2.05) is 24.3 Å². The Morgan fingerprint density at radius 2 is 2.09 bits per heavy atom. The van der Waals surface area contributed by atoms with Crippen LogP contribution in [0.3, 0.4) is 0 Å². The molecule has 6 nitrogen and oxygen atoms in total. The quantitative estimate of drug-likeness (QED) is 0.920. The van der Waals surface area contributed by atoms with Crippen LogP contribution >= 0.6 is 0 Å². The van der Waals surface area contributed by atoms with Crippen LogP contribution in [0.5, 0.6) is 0 Å². The molecule has 1 amide bonds. The lowest BCUT2D eigenvalue weighted by Gasteiger charge is -2.31. The molecule has 1 atom stereocenters. The molecule has 23 heavy (non-hydrogen) atoms. The van der Waals surface area contributed by atoms with Crippen molar-refractivity contribution in [1.29, 1.82) is 0 Å². The first-order chi connectivity index (χ1) is 10.9. The second kappa shape index (κ2) is 6.25. The molecule has 0 saturated carbocycles. The largest absolute Gasteiger partial charge is 0.348 e. The lowest BCUT2D eigenvalue weighted by molar-refractivity contribution is 0.0923. The van der Waals surface area contributed by atoms with Gasteiger partial charge in [-0.2, -0.15) is 0 Å². The van der Waals surface area contributed by atoms with Gasteiger partial charge in [0.25, 0.3) is 5.91 Å². The van der Waals surface area contributed by atoms with Gasteiger partial charge < -0.3 is 5.32 Å². The highest BCUT2D eigenvalue weighted by molar-refractivity contribution is 7.88. The number of piperidine rings is 1. The fourth-order valence-corrected chi connectivity index (χ4v) is 3.83. The van der Waals surface area contributed by atoms with Gasteiger partial charge in [-0.1, -0.05) is 18.2 Å². The smallest absolute Gasteiger partial charge is 0.252 e. The molecule has 1 N–H and O–H groups in total. The number of nitrogens with zero attached hydrogens (tertiary/aromatic N) is 2. The molecule has 122 valence electrons. The highest BCUT2D eigenvalue weighted by Crippen LogP contribution is 2.18. The van der Waals surface area contributed by atoms with Crippen LogP contribution in [0, 0.1) is 0 Å². The van der Waals surface area contributed by atoms with Gasteiger partial charge in [0.1, 0.15) is 0 Å². The summed E-state index contributed by atoms with van der Waals surface area (Å²) in [4.78, 5) is 16.8. The van der Waals surface area contributed by atoms with Gasteiger partial charge >= 0.3 is 0 Å². The van der Waals surface area contributed by atoms with E-state index in [1.165, 1.54) is 10.6 Å². The Hall–Kier alpha value is -1.99. The Morgan fingerprint density at radius 1 is 1.30 bits per heavy atom. The van der Waals surface area contributed by atoms with E-state index in [-0.39, 0.29) is 11.9 Å². The van der Waals surface area contributed by atoms with Gasteiger partial charge in [0.2, 0.25) is 10.0 Å². The summed E-state index contributed by atoms with van der Waals surface area (Å²) in [7, 11) is -3.22. The summed E-state index contributed by atoms with van der Waals surface area (Å²) in [6, 6.07) is 8.99. The van der Waals surface area contributed by atoms with Gasteiger partial charge in [0.05, 0.1) is 17.3 Å². The monoisotopic (exact) mass is 333 g/mol. The molecular weight excluding hydrogens is 314 g/mol. The third-order valence-corrected chi connectivity index (χ3v) is 5.35. The van der Waals surface area contributed by atoms with Crippen molar-refractivity contribution in [3.63, 3.8) is 0 Å². The minimum Gasteiger partial charge on any atom is -0.348 e. The minimum absolute atomic E-state index is 0.169. The predicted molar refractivity (Wildman–Crippen MR) is 88.6 cm³/mol. The number of para-hydroxylation sites is 1. The molecule has 2 heterocycles. The second-order valence-corrected chi connectivity index (χ2v) is 7.79. The first-order valence-electron chi connectivity index (χ1n) is 7.55. The van der Waals surface area contributed by atoms with Gasteiger partial charge in [0, 0.05) is 30.7 Å². The fourth-order valence-electron chi connectivity index (χ4n) is 2.92. The lowest BCUT2D eigenvalue weighted by atomic mass is 10.1. The Kier molecular flexibility index (Phi) is 4.32. The van der Waals surface area contributed by atoms with Crippen molar-refractivity contribution in [3.05, 3.63) is 42.1 Å². The Labute approximate surface area is 135 Å². The van der Waals surface area contributed by atoms with Gasteiger partial charge in [-0.15, -0.1) is 0 Å². The Bertz CT molecular complexity index is 830. The van der Waals surface area contributed by atoms with Gasteiger partial charge in [-0.05, 0) is 25.0 Å². The van der Waals surface area contributed by atoms with Crippen molar-refractivity contribution in [2.24, 2.45) is 0 Å². The molecule has 0 aliphatic carbocycles. The number of fused-ring (bicyclic) bond motifs is 1. The zero-order valence-corrected chi connectivity index (χ0v) is 13.7. The summed E-state index contributed by atoms with van der Waals surface area (Å²) in [6.45, 7) is 0.844. The zero-order valence-electron chi connectivity index (χ0n) is 12.9. The third-order valence-electron chi connectivity index (χ3n) is 4.08. The summed E-state index contributed by atoms with van der Waals surface area (Å²) in [5.74, 6) is -0.191. The maximum Gasteiger partial charge on any atom is 0.252 e. The number of aromatic nitrogens is 1. The number of carbonyl (C=O) groups excluding carboxylic acids is 1. The van der Waals surface area contributed by atoms with Crippen LogP contribution in [0.4, 0.5) is 0 Å². The van der Waals surface area contributed by atoms with E-state index >= 15 is 0 Å². The number of pyridine rings is 1. The van der Waals surface area contributed by atoms with Crippen molar-refractivity contribution >= 4 is 26.8 Å². The standard InChI is InChI=1S/C16H19N3O3S/c1-23(21,22)19-10-4-5-12(11-19)18-16(20)14-8-9-17-15-7-3-2-6-13(14)15/h2-3,6-9,12H,4-5,10-11H2,1H3,(H,18,20). The molecule has 0 bridgehead atoms. The molecule has 3 rings (SSSR count). The van der Waals surface area contributed by atoms with E-state index in [0.717, 1.165) is 23.7 Å². The van der Waals surface area contributed by atoms with E-state index in [4.69, 9.17) is 0 Å². The van der Waals surface area contributed by atoms with Crippen LogP contribution in [0.15, 0.2) is 36.5 Å². The van der Waals surface area contributed by atoms with Crippen molar-refractivity contribution in [2.75, 3.05) is 19.3 Å². The molecule has 1 saturated heterocycles. The molecule has 1 aliphatic rings. The number of hydrogen-bond acceptors (Lipinski definition) is 4. The molecule has 7 heteroatoms. The minimum atomic E-state index is -3.22. The van der Waals surface area contributed by atoms with E-state index in [0.29, 0.717) is 18.7 Å². The van der Waals surface area contributed by atoms with E-state index in [9.17, 15) is 13.2 Å².